The molecule has 0 bridgehead atoms. The minimum absolute atomic E-state index is 0.00936. The largest absolute Gasteiger partial charge is 0.396 e. The molecule has 0 saturated heterocycles. The lowest BCUT2D eigenvalue weighted by molar-refractivity contribution is 0.299. The normalized spacial score (nSPS) is 11.6. The van der Waals surface area contributed by atoms with E-state index in [-0.39, 0.29) is 18.8 Å². The van der Waals surface area contributed by atoms with Gasteiger partial charge >= 0.3 is 0 Å². The molecule has 0 atom stereocenters. The first-order chi connectivity index (χ1) is 7.03. The van der Waals surface area contributed by atoms with Gasteiger partial charge in [0.25, 0.3) is 10.1 Å². The summed E-state index contributed by atoms with van der Waals surface area (Å²) in [4.78, 5) is 4.01. The molecule has 2 N–H and O–H groups in total. The second kappa shape index (κ2) is 5.20. The van der Waals surface area contributed by atoms with Gasteiger partial charge in [0.1, 0.15) is 0 Å². The third-order valence-corrected chi connectivity index (χ3v) is 2.68. The number of hydrogen-bond acceptors (Lipinski definition) is 4. The standard InChI is InChI=1S/C9H13NO4S/c11-6-3-8-2-1-5-10-9(8)4-7-15(12,13)14/h1-2,5,11H,3-4,6-7H2,(H,12,13,14). The van der Waals surface area contributed by atoms with Crippen LogP contribution in [0.5, 0.6) is 0 Å². The van der Waals surface area contributed by atoms with Crippen LogP contribution in [0, 0.1) is 0 Å². The van der Waals surface area contributed by atoms with E-state index < -0.39 is 10.1 Å². The van der Waals surface area contributed by atoms with Crippen molar-refractivity contribution >= 4 is 10.1 Å². The van der Waals surface area contributed by atoms with Crippen molar-refractivity contribution in [2.75, 3.05) is 12.4 Å². The van der Waals surface area contributed by atoms with Gasteiger partial charge in [-0.25, -0.2) is 0 Å². The lowest BCUT2D eigenvalue weighted by Gasteiger charge is -2.05. The van der Waals surface area contributed by atoms with Crippen LogP contribution in [0.15, 0.2) is 18.3 Å². The Balaban J connectivity index is 2.75. The lowest BCUT2D eigenvalue weighted by Crippen LogP contribution is -2.10. The highest BCUT2D eigenvalue weighted by molar-refractivity contribution is 7.85. The van der Waals surface area contributed by atoms with E-state index in [2.05, 4.69) is 4.98 Å². The summed E-state index contributed by atoms with van der Waals surface area (Å²) in [5, 5.41) is 8.78. The Morgan fingerprint density at radius 3 is 2.67 bits per heavy atom. The number of rotatable bonds is 5. The molecule has 0 spiro atoms. The van der Waals surface area contributed by atoms with Gasteiger partial charge in [-0.2, -0.15) is 8.42 Å². The summed E-state index contributed by atoms with van der Waals surface area (Å²) in [5.41, 5.74) is 1.41. The predicted octanol–water partition coefficient (Wildman–Crippen LogP) is 0.0467. The van der Waals surface area contributed by atoms with Crippen molar-refractivity contribution in [2.24, 2.45) is 0 Å². The van der Waals surface area contributed by atoms with Crippen LogP contribution in [-0.2, 0) is 23.0 Å². The van der Waals surface area contributed by atoms with Gasteiger partial charge in [0.05, 0.1) is 5.75 Å². The monoisotopic (exact) mass is 231 g/mol. The topological polar surface area (TPSA) is 87.5 Å². The maximum atomic E-state index is 10.6. The van der Waals surface area contributed by atoms with Crippen LogP contribution in [-0.4, -0.2) is 35.4 Å². The highest BCUT2D eigenvalue weighted by Crippen LogP contribution is 2.07. The SMILES string of the molecule is O=S(=O)(O)CCc1ncccc1CCO. The second-order valence-electron chi connectivity index (χ2n) is 3.12. The van der Waals surface area contributed by atoms with Crippen LogP contribution in [0.1, 0.15) is 11.3 Å². The zero-order chi connectivity index (χ0) is 11.3. The quantitative estimate of drug-likeness (QED) is 0.699. The summed E-state index contributed by atoms with van der Waals surface area (Å²) in [5.74, 6) is -0.345. The van der Waals surface area contributed by atoms with E-state index in [1.807, 2.05) is 0 Å². The summed E-state index contributed by atoms with van der Waals surface area (Å²) in [6.45, 7) is -0.00936. The molecular formula is C9H13NO4S. The lowest BCUT2D eigenvalue weighted by atomic mass is 10.1. The molecule has 1 rings (SSSR count). The van der Waals surface area contributed by atoms with Crippen molar-refractivity contribution in [1.82, 2.24) is 4.98 Å². The molecule has 15 heavy (non-hydrogen) atoms. The van der Waals surface area contributed by atoms with E-state index in [4.69, 9.17) is 9.66 Å². The number of aliphatic hydroxyl groups excluding tert-OH is 1. The van der Waals surface area contributed by atoms with E-state index in [1.165, 1.54) is 0 Å². The van der Waals surface area contributed by atoms with Crippen molar-refractivity contribution in [3.05, 3.63) is 29.6 Å². The molecule has 0 unspecified atom stereocenters. The number of pyridine rings is 1. The molecule has 0 aliphatic rings. The molecule has 0 fully saturated rings. The van der Waals surface area contributed by atoms with Gasteiger partial charge in [0, 0.05) is 24.9 Å². The molecule has 6 heteroatoms. The van der Waals surface area contributed by atoms with Crippen LogP contribution in [0.3, 0.4) is 0 Å². The zero-order valence-electron chi connectivity index (χ0n) is 8.13. The predicted molar refractivity (Wildman–Crippen MR) is 55.1 cm³/mol. The highest BCUT2D eigenvalue weighted by Gasteiger charge is 2.08. The molecule has 1 heterocycles. The van der Waals surface area contributed by atoms with Crippen molar-refractivity contribution in [3.8, 4) is 0 Å². The molecule has 0 saturated carbocycles. The summed E-state index contributed by atoms with van der Waals surface area (Å²) in [7, 11) is -3.96. The third kappa shape index (κ3) is 4.37. The Morgan fingerprint density at radius 2 is 2.07 bits per heavy atom. The first-order valence-electron chi connectivity index (χ1n) is 4.52. The molecule has 1 aromatic rings. The van der Waals surface area contributed by atoms with Crippen molar-refractivity contribution in [2.45, 2.75) is 12.8 Å². The summed E-state index contributed by atoms with van der Waals surface area (Å²) in [6.07, 6.45) is 2.16. The average molecular weight is 231 g/mol. The molecule has 0 radical (unpaired) electrons. The molecule has 0 aliphatic heterocycles. The molecule has 1 aromatic heterocycles. The summed E-state index contributed by atoms with van der Waals surface area (Å²) < 4.78 is 29.7. The molecule has 0 aliphatic carbocycles. The molecule has 5 nitrogen and oxygen atoms in total. The first kappa shape index (κ1) is 12.1. The Morgan fingerprint density at radius 1 is 1.33 bits per heavy atom. The minimum atomic E-state index is -3.96. The molecule has 0 aromatic carbocycles. The number of aliphatic hydroxyl groups is 1. The summed E-state index contributed by atoms with van der Waals surface area (Å²) >= 11 is 0. The number of aryl methyl sites for hydroxylation is 1. The van der Waals surface area contributed by atoms with Gasteiger partial charge in [-0.1, -0.05) is 6.07 Å². The van der Waals surface area contributed by atoms with Crippen molar-refractivity contribution in [1.29, 1.82) is 0 Å². The van der Waals surface area contributed by atoms with Gasteiger partial charge in [-0.15, -0.1) is 0 Å². The summed E-state index contributed by atoms with van der Waals surface area (Å²) in [6, 6.07) is 3.50. The number of hydrogen-bond donors (Lipinski definition) is 2. The highest BCUT2D eigenvalue weighted by atomic mass is 32.2. The van der Waals surface area contributed by atoms with Crippen LogP contribution >= 0.6 is 0 Å². The number of aromatic nitrogens is 1. The van der Waals surface area contributed by atoms with E-state index >= 15 is 0 Å². The van der Waals surface area contributed by atoms with Gasteiger partial charge < -0.3 is 5.11 Å². The smallest absolute Gasteiger partial charge is 0.265 e. The van der Waals surface area contributed by atoms with Crippen molar-refractivity contribution in [3.63, 3.8) is 0 Å². The van der Waals surface area contributed by atoms with Gasteiger partial charge in [-0.3, -0.25) is 9.54 Å². The Bertz CT molecular complexity index is 416. The van der Waals surface area contributed by atoms with Gasteiger partial charge in [-0.05, 0) is 18.1 Å². The van der Waals surface area contributed by atoms with Crippen LogP contribution < -0.4 is 0 Å². The van der Waals surface area contributed by atoms with Gasteiger partial charge in [0.2, 0.25) is 0 Å². The van der Waals surface area contributed by atoms with E-state index in [9.17, 15) is 8.42 Å². The second-order valence-corrected chi connectivity index (χ2v) is 4.69. The fourth-order valence-corrected chi connectivity index (χ4v) is 1.72. The number of nitrogens with zero attached hydrogens (tertiary/aromatic N) is 1. The maximum absolute atomic E-state index is 10.6. The van der Waals surface area contributed by atoms with Crippen LogP contribution in [0.2, 0.25) is 0 Å². The molecular weight excluding hydrogens is 218 g/mol. The first-order valence-corrected chi connectivity index (χ1v) is 6.12. The average Bonchev–Trinajstić information content (AvgIpc) is 2.16. The Kier molecular flexibility index (Phi) is 4.19. The molecule has 84 valence electrons. The maximum Gasteiger partial charge on any atom is 0.265 e. The Labute approximate surface area is 88.5 Å². The minimum Gasteiger partial charge on any atom is -0.396 e. The van der Waals surface area contributed by atoms with Crippen molar-refractivity contribution < 1.29 is 18.1 Å². The van der Waals surface area contributed by atoms with E-state index in [0.29, 0.717) is 12.1 Å². The fourth-order valence-electron chi connectivity index (χ4n) is 1.27. The zero-order valence-corrected chi connectivity index (χ0v) is 8.94. The van der Waals surface area contributed by atoms with Crippen LogP contribution in [0.25, 0.3) is 0 Å². The third-order valence-electron chi connectivity index (χ3n) is 1.96. The van der Waals surface area contributed by atoms with E-state index in [1.54, 1.807) is 18.3 Å². The Hall–Kier alpha value is -0.980. The van der Waals surface area contributed by atoms with Gasteiger partial charge in [0.15, 0.2) is 0 Å². The molecule has 0 amide bonds. The van der Waals surface area contributed by atoms with E-state index in [0.717, 1.165) is 5.56 Å². The van der Waals surface area contributed by atoms with Crippen LogP contribution in [0.4, 0.5) is 0 Å². The fraction of sp³-hybridized carbons (Fsp3) is 0.444.